The Bertz CT molecular complexity index is 2600. The molecule has 2 aromatic heterocycles. The summed E-state index contributed by atoms with van der Waals surface area (Å²) in [4.78, 5) is 30.7. The second-order valence-electron chi connectivity index (χ2n) is 16.7. The summed E-state index contributed by atoms with van der Waals surface area (Å²) in [6.07, 6.45) is 11.2. The molecule has 3 heterocycles. The number of nitrogens with zero attached hydrogens (tertiary/aromatic N) is 5. The van der Waals surface area contributed by atoms with Gasteiger partial charge in [-0.25, -0.2) is 24.7 Å². The first-order valence-corrected chi connectivity index (χ1v) is 23.3. The molecule has 0 bridgehead atoms. The van der Waals surface area contributed by atoms with Crippen LogP contribution in [0.4, 0.5) is 10.7 Å². The van der Waals surface area contributed by atoms with Gasteiger partial charge in [0.05, 0.1) is 59.6 Å². The molecule has 2 aliphatic rings. The molecule has 3 N–H and O–H groups in total. The van der Waals surface area contributed by atoms with Crippen LogP contribution < -0.4 is 30.0 Å². The minimum absolute atomic E-state index is 0.198. The fourth-order valence-corrected chi connectivity index (χ4v) is 9.12. The van der Waals surface area contributed by atoms with Crippen molar-refractivity contribution in [2.75, 3.05) is 46.8 Å². The quantitative estimate of drug-likeness (QED) is 0.139. The minimum Gasteiger partial charge on any atom is -0.495 e. The number of carbonyl (C=O) groups excluding carboxylic acids is 1. The summed E-state index contributed by atoms with van der Waals surface area (Å²) < 4.78 is 26.6. The van der Waals surface area contributed by atoms with Crippen LogP contribution in [0.2, 0.25) is 25.4 Å². The molecule has 352 valence electrons. The van der Waals surface area contributed by atoms with Crippen molar-refractivity contribution in [3.05, 3.63) is 86.3 Å². The van der Waals surface area contributed by atoms with Gasteiger partial charge in [0.1, 0.15) is 28.6 Å². The maximum atomic E-state index is 11.6. The van der Waals surface area contributed by atoms with Crippen LogP contribution in [0.3, 0.4) is 0 Å². The third-order valence-electron chi connectivity index (χ3n) is 11.0. The molecular weight excluding hydrogens is 948 g/mol. The van der Waals surface area contributed by atoms with Crippen LogP contribution in [-0.4, -0.2) is 90.1 Å². The molecule has 0 spiro atoms. The number of benzene rings is 4. The molecule has 13 nitrogen and oxygen atoms in total. The molecule has 1 aliphatic heterocycles. The van der Waals surface area contributed by atoms with Gasteiger partial charge in [0, 0.05) is 71.6 Å². The van der Waals surface area contributed by atoms with Gasteiger partial charge in [-0.3, -0.25) is 0 Å². The minimum atomic E-state index is -0.406. The van der Waals surface area contributed by atoms with Gasteiger partial charge in [-0.05, 0) is 93.4 Å². The second-order valence-corrected chi connectivity index (χ2v) is 18.6. The van der Waals surface area contributed by atoms with Gasteiger partial charge in [0.15, 0.2) is 0 Å². The SMILES string of the molecule is CC(C)(C)OC(=O)N1CCC(N)CC1.COc1cc(OC)c(Cl)c(-c2ccc3nc(Cl)ncc3c2)c1Cl.COc1cc(OC)c(Cl)c(-c2ccc3nc(NC4CCCCC4)ncc3c2)c1Cl. The first-order chi connectivity index (χ1) is 31.5. The summed E-state index contributed by atoms with van der Waals surface area (Å²) in [6.45, 7) is 7.06. The first kappa shape index (κ1) is 50.6. The summed E-state index contributed by atoms with van der Waals surface area (Å²) in [7, 11) is 6.20. The van der Waals surface area contributed by atoms with Crippen molar-refractivity contribution in [2.45, 2.75) is 83.4 Å². The van der Waals surface area contributed by atoms with E-state index in [0.29, 0.717) is 66.2 Å². The number of amides is 1. The number of anilines is 1. The number of fused-ring (bicyclic) bond motifs is 2. The summed E-state index contributed by atoms with van der Waals surface area (Å²) in [5.41, 5.74) is 9.88. The first-order valence-electron chi connectivity index (χ1n) is 21.4. The molecule has 0 unspecified atom stereocenters. The van der Waals surface area contributed by atoms with Crippen LogP contribution in [0.1, 0.15) is 65.7 Å². The standard InChI is InChI=1S/C22H23Cl2N3O2.C16H11Cl3N2O2.C10H20N2O2/c1-28-17-11-18(29-2)21(24)19(20(17)23)13-8-9-16-14(10-13)12-25-22(27-16)26-15-6-4-3-5-7-15;1-22-11-6-12(23-2)15(18)13(14(11)17)8-3-4-10-9(5-8)7-20-16(19)21-10;1-10(2,3)14-9(13)12-6-4-8(11)5-7-12/h8-12,15H,3-7H2,1-2H3,(H,25,26,27);3-7H,1-2H3;8H,4-7,11H2,1-3H3. The number of ether oxygens (including phenoxy) is 5. The number of nitrogens with two attached hydrogens (primary N) is 1. The van der Waals surface area contributed by atoms with Gasteiger partial charge < -0.3 is 39.6 Å². The summed E-state index contributed by atoms with van der Waals surface area (Å²) in [5.74, 6) is 2.65. The number of piperidine rings is 1. The molecule has 1 amide bonds. The number of hydrogen-bond donors (Lipinski definition) is 2. The van der Waals surface area contributed by atoms with E-state index >= 15 is 0 Å². The van der Waals surface area contributed by atoms with E-state index < -0.39 is 5.60 Å². The second kappa shape index (κ2) is 22.8. The highest BCUT2D eigenvalue weighted by atomic mass is 35.5. The molecule has 4 aromatic carbocycles. The van der Waals surface area contributed by atoms with Crippen molar-refractivity contribution in [3.8, 4) is 45.3 Å². The summed E-state index contributed by atoms with van der Waals surface area (Å²) in [6, 6.07) is 15.5. The predicted molar refractivity (Wildman–Crippen MR) is 267 cm³/mol. The number of carbonyl (C=O) groups is 1. The Morgan fingerprint density at radius 2 is 1.11 bits per heavy atom. The van der Waals surface area contributed by atoms with E-state index in [-0.39, 0.29) is 17.4 Å². The van der Waals surface area contributed by atoms with Gasteiger partial charge in [0.25, 0.3) is 0 Å². The van der Waals surface area contributed by atoms with Crippen molar-refractivity contribution < 1.29 is 28.5 Å². The van der Waals surface area contributed by atoms with E-state index in [4.69, 9.17) is 87.4 Å². The van der Waals surface area contributed by atoms with Crippen LogP contribution in [0.25, 0.3) is 44.1 Å². The van der Waals surface area contributed by atoms with Gasteiger partial charge in [-0.2, -0.15) is 0 Å². The topological polar surface area (TPSA) is 156 Å². The number of methoxy groups -OCH3 is 4. The van der Waals surface area contributed by atoms with Crippen molar-refractivity contribution >= 4 is 91.9 Å². The number of rotatable bonds is 8. The molecule has 6 aromatic rings. The van der Waals surface area contributed by atoms with Crippen LogP contribution in [-0.2, 0) is 4.74 Å². The van der Waals surface area contributed by atoms with Gasteiger partial charge in [-0.1, -0.05) is 77.8 Å². The van der Waals surface area contributed by atoms with E-state index in [0.717, 1.165) is 58.9 Å². The van der Waals surface area contributed by atoms with E-state index in [1.54, 1.807) is 37.4 Å². The molecule has 1 saturated heterocycles. The molecule has 8 rings (SSSR count). The van der Waals surface area contributed by atoms with Crippen LogP contribution in [0.5, 0.6) is 23.0 Å². The molecule has 0 radical (unpaired) electrons. The Morgan fingerprint density at radius 3 is 1.56 bits per heavy atom. The zero-order valence-electron chi connectivity index (χ0n) is 37.9. The molecule has 1 saturated carbocycles. The molecule has 1 aliphatic carbocycles. The Hall–Kier alpha value is -4.76. The Kier molecular flexibility index (Phi) is 17.5. The summed E-state index contributed by atoms with van der Waals surface area (Å²) >= 11 is 31.8. The summed E-state index contributed by atoms with van der Waals surface area (Å²) in [5, 5.41) is 7.09. The molecule has 0 atom stereocenters. The van der Waals surface area contributed by atoms with Gasteiger partial charge >= 0.3 is 6.09 Å². The van der Waals surface area contributed by atoms with E-state index in [1.165, 1.54) is 46.3 Å². The average Bonchev–Trinajstić information content (AvgIpc) is 3.30. The Balaban J connectivity index is 0.000000174. The zero-order valence-corrected chi connectivity index (χ0v) is 41.7. The van der Waals surface area contributed by atoms with Gasteiger partial charge in [-0.15, -0.1) is 0 Å². The number of halogens is 5. The van der Waals surface area contributed by atoms with Crippen molar-refractivity contribution in [2.24, 2.45) is 5.73 Å². The normalized spacial score (nSPS) is 14.4. The van der Waals surface area contributed by atoms with Crippen LogP contribution in [0, 0.1) is 0 Å². The number of hydrogen-bond acceptors (Lipinski definition) is 12. The maximum absolute atomic E-state index is 11.6. The smallest absolute Gasteiger partial charge is 0.410 e. The number of aromatic nitrogens is 4. The highest BCUT2D eigenvalue weighted by Crippen LogP contribution is 2.47. The molecule has 18 heteroatoms. The third kappa shape index (κ3) is 12.6. The Morgan fingerprint density at radius 1 is 0.652 bits per heavy atom. The van der Waals surface area contributed by atoms with Gasteiger partial charge in [0.2, 0.25) is 11.2 Å². The van der Waals surface area contributed by atoms with Crippen molar-refractivity contribution in [1.82, 2.24) is 24.8 Å². The average molecular weight is 1000 g/mol. The lowest BCUT2D eigenvalue weighted by atomic mass is 9.96. The monoisotopic (exact) mass is 999 g/mol. The number of likely N-dealkylation sites (tertiary alicyclic amines) is 1. The lowest BCUT2D eigenvalue weighted by Crippen LogP contribution is -2.44. The highest BCUT2D eigenvalue weighted by molar-refractivity contribution is 6.42. The predicted octanol–water partition coefficient (Wildman–Crippen LogP) is 13.0. The molecule has 66 heavy (non-hydrogen) atoms. The Labute approximate surface area is 410 Å². The van der Waals surface area contributed by atoms with E-state index in [2.05, 4.69) is 25.3 Å². The molecular formula is C48H54Cl5N7O6. The fraction of sp³-hybridized carbons (Fsp3) is 0.396. The zero-order chi connectivity index (χ0) is 47.7. The maximum Gasteiger partial charge on any atom is 0.410 e. The molecule has 2 fully saturated rings. The van der Waals surface area contributed by atoms with E-state index in [9.17, 15) is 4.79 Å². The third-order valence-corrected chi connectivity index (χ3v) is 12.7. The van der Waals surface area contributed by atoms with Crippen molar-refractivity contribution in [1.29, 1.82) is 0 Å². The fourth-order valence-electron chi connectivity index (χ4n) is 7.54. The lowest BCUT2D eigenvalue weighted by Gasteiger charge is -2.32. The number of nitrogens with one attached hydrogen (secondary N) is 1. The van der Waals surface area contributed by atoms with Crippen LogP contribution in [0.15, 0.2) is 60.9 Å². The van der Waals surface area contributed by atoms with Crippen LogP contribution >= 0.6 is 58.0 Å². The lowest BCUT2D eigenvalue weighted by molar-refractivity contribution is 0.0206. The largest absolute Gasteiger partial charge is 0.495 e. The highest BCUT2D eigenvalue weighted by Gasteiger charge is 2.26. The van der Waals surface area contributed by atoms with E-state index in [1.807, 2.05) is 63.4 Å². The van der Waals surface area contributed by atoms with Crippen molar-refractivity contribution in [3.63, 3.8) is 0 Å².